The van der Waals surface area contributed by atoms with E-state index >= 15 is 0 Å². The molecule has 7 heteroatoms. The van der Waals surface area contributed by atoms with E-state index in [4.69, 9.17) is 10.4 Å². The molecule has 1 aliphatic heterocycles. The van der Waals surface area contributed by atoms with Crippen LogP contribution >= 0.6 is 0 Å². The summed E-state index contributed by atoms with van der Waals surface area (Å²) < 4.78 is 25.5. The van der Waals surface area contributed by atoms with Gasteiger partial charge in [0, 0.05) is 19.5 Å². The molecule has 6 nitrogen and oxygen atoms in total. The fourth-order valence-corrected chi connectivity index (χ4v) is 3.94. The summed E-state index contributed by atoms with van der Waals surface area (Å²) in [5.41, 5.74) is 0. The van der Waals surface area contributed by atoms with E-state index in [0.29, 0.717) is 13.0 Å². The standard InChI is InChI=1S/C11H18N2O4S/c1-2-10(7-12)18(16,17)13-5-3-4-9(8-13)6-11(14)15/h9-10H,2-6,8H2,1H3,(H,14,15). The second kappa shape index (κ2) is 6.16. The number of rotatable bonds is 5. The Balaban J connectivity index is 2.77. The molecule has 2 atom stereocenters. The number of piperidine rings is 1. The molecule has 18 heavy (non-hydrogen) atoms. The van der Waals surface area contributed by atoms with E-state index in [9.17, 15) is 13.2 Å². The Morgan fingerprint density at radius 2 is 2.28 bits per heavy atom. The van der Waals surface area contributed by atoms with Gasteiger partial charge in [0.25, 0.3) is 0 Å². The lowest BCUT2D eigenvalue weighted by Gasteiger charge is -2.32. The molecule has 0 amide bonds. The monoisotopic (exact) mass is 274 g/mol. The molecule has 1 aliphatic rings. The number of carbonyl (C=O) groups is 1. The molecule has 0 aromatic heterocycles. The van der Waals surface area contributed by atoms with Crippen LogP contribution in [0.4, 0.5) is 0 Å². The largest absolute Gasteiger partial charge is 0.481 e. The van der Waals surface area contributed by atoms with Crippen molar-refractivity contribution in [3.63, 3.8) is 0 Å². The highest BCUT2D eigenvalue weighted by atomic mass is 32.2. The van der Waals surface area contributed by atoms with Crippen LogP contribution in [0, 0.1) is 17.2 Å². The van der Waals surface area contributed by atoms with Crippen LogP contribution in [0.2, 0.25) is 0 Å². The van der Waals surface area contributed by atoms with Gasteiger partial charge in [0.05, 0.1) is 6.07 Å². The highest BCUT2D eigenvalue weighted by Crippen LogP contribution is 2.24. The maximum absolute atomic E-state index is 12.1. The Morgan fingerprint density at radius 1 is 1.61 bits per heavy atom. The van der Waals surface area contributed by atoms with Gasteiger partial charge in [-0.2, -0.15) is 5.26 Å². The van der Waals surface area contributed by atoms with Crippen molar-refractivity contribution in [1.82, 2.24) is 4.31 Å². The number of carboxylic acid groups (broad SMARTS) is 1. The summed E-state index contributed by atoms with van der Waals surface area (Å²) in [6, 6.07) is 1.80. The normalized spacial score (nSPS) is 23.2. The maximum Gasteiger partial charge on any atom is 0.303 e. The van der Waals surface area contributed by atoms with Crippen molar-refractivity contribution in [2.45, 2.75) is 37.9 Å². The van der Waals surface area contributed by atoms with Gasteiger partial charge in [0.1, 0.15) is 0 Å². The molecule has 1 rings (SSSR count). The predicted molar refractivity (Wildman–Crippen MR) is 65.2 cm³/mol. The first kappa shape index (κ1) is 14.9. The number of sulfonamides is 1. The minimum Gasteiger partial charge on any atom is -0.481 e. The van der Waals surface area contributed by atoms with Crippen molar-refractivity contribution < 1.29 is 18.3 Å². The second-order valence-corrected chi connectivity index (χ2v) is 6.65. The van der Waals surface area contributed by atoms with Gasteiger partial charge in [-0.3, -0.25) is 4.79 Å². The summed E-state index contributed by atoms with van der Waals surface area (Å²) >= 11 is 0. The van der Waals surface area contributed by atoms with E-state index in [-0.39, 0.29) is 25.3 Å². The lowest BCUT2D eigenvalue weighted by Crippen LogP contribution is -2.44. The van der Waals surface area contributed by atoms with E-state index in [2.05, 4.69) is 0 Å². The lowest BCUT2D eigenvalue weighted by atomic mass is 9.96. The van der Waals surface area contributed by atoms with Crippen molar-refractivity contribution in [2.24, 2.45) is 5.92 Å². The molecule has 1 fully saturated rings. The first-order chi connectivity index (χ1) is 8.41. The molecule has 102 valence electrons. The molecule has 1 saturated heterocycles. The fraction of sp³-hybridized carbons (Fsp3) is 0.818. The molecule has 0 aromatic rings. The van der Waals surface area contributed by atoms with E-state index in [0.717, 1.165) is 6.42 Å². The molecule has 1 N–H and O–H groups in total. The average Bonchev–Trinajstić information content (AvgIpc) is 2.29. The summed E-state index contributed by atoms with van der Waals surface area (Å²) in [6.07, 6.45) is 1.61. The van der Waals surface area contributed by atoms with Gasteiger partial charge in [-0.25, -0.2) is 12.7 Å². The van der Waals surface area contributed by atoms with E-state index < -0.39 is 21.2 Å². The van der Waals surface area contributed by atoms with Crippen LogP contribution in [-0.4, -0.2) is 42.1 Å². The van der Waals surface area contributed by atoms with Gasteiger partial charge in [0.2, 0.25) is 10.0 Å². The van der Waals surface area contributed by atoms with Gasteiger partial charge < -0.3 is 5.11 Å². The Hall–Kier alpha value is -1.13. The molecule has 1 heterocycles. The van der Waals surface area contributed by atoms with Gasteiger partial charge in [0.15, 0.2) is 5.25 Å². The summed E-state index contributed by atoms with van der Waals surface area (Å²) in [5.74, 6) is -1.06. The van der Waals surface area contributed by atoms with Crippen molar-refractivity contribution in [1.29, 1.82) is 5.26 Å². The van der Waals surface area contributed by atoms with Crippen LogP contribution in [0.15, 0.2) is 0 Å². The van der Waals surface area contributed by atoms with Crippen LogP contribution < -0.4 is 0 Å². The average molecular weight is 274 g/mol. The van der Waals surface area contributed by atoms with E-state index in [1.807, 2.05) is 0 Å². The highest BCUT2D eigenvalue weighted by molar-refractivity contribution is 7.90. The maximum atomic E-state index is 12.1. The SMILES string of the molecule is CCC(C#N)S(=O)(=O)N1CCCC(CC(=O)O)C1. The third kappa shape index (κ3) is 3.43. The number of hydrogen-bond donors (Lipinski definition) is 1. The lowest BCUT2D eigenvalue weighted by molar-refractivity contribution is -0.138. The Labute approximate surface area is 107 Å². The second-order valence-electron chi connectivity index (χ2n) is 4.54. The minimum absolute atomic E-state index is 0.0185. The molecular weight excluding hydrogens is 256 g/mol. The van der Waals surface area contributed by atoms with Crippen LogP contribution in [0.3, 0.4) is 0 Å². The van der Waals surface area contributed by atoms with Gasteiger partial charge in [-0.1, -0.05) is 6.92 Å². The Kier molecular flexibility index (Phi) is 5.11. The molecule has 0 bridgehead atoms. The van der Waals surface area contributed by atoms with Crippen molar-refractivity contribution in [2.75, 3.05) is 13.1 Å². The zero-order valence-electron chi connectivity index (χ0n) is 10.4. The zero-order valence-corrected chi connectivity index (χ0v) is 11.2. The topological polar surface area (TPSA) is 98.5 Å². The third-order valence-electron chi connectivity index (χ3n) is 3.18. The summed E-state index contributed by atoms with van der Waals surface area (Å²) in [7, 11) is -3.61. The van der Waals surface area contributed by atoms with Gasteiger partial charge in [-0.05, 0) is 25.2 Å². The van der Waals surface area contributed by atoms with Crippen LogP contribution in [-0.2, 0) is 14.8 Å². The van der Waals surface area contributed by atoms with Gasteiger partial charge >= 0.3 is 5.97 Å². The number of carboxylic acids is 1. The first-order valence-corrected chi connectivity index (χ1v) is 7.52. The summed E-state index contributed by atoms with van der Waals surface area (Å²) in [4.78, 5) is 10.6. The van der Waals surface area contributed by atoms with Crippen molar-refractivity contribution in [3.8, 4) is 6.07 Å². The summed E-state index contributed by atoms with van der Waals surface area (Å²) in [5, 5.41) is 16.6. The molecule has 0 saturated carbocycles. The zero-order chi connectivity index (χ0) is 13.8. The molecule has 0 radical (unpaired) electrons. The predicted octanol–water partition coefficient (Wildman–Crippen LogP) is 0.805. The number of nitriles is 1. The molecule has 0 spiro atoms. The molecule has 0 aromatic carbocycles. The number of nitrogens with zero attached hydrogens (tertiary/aromatic N) is 2. The summed E-state index contributed by atoms with van der Waals surface area (Å²) in [6.45, 7) is 2.26. The molecule has 0 aliphatic carbocycles. The number of aliphatic carboxylic acids is 1. The van der Waals surface area contributed by atoms with Crippen LogP contribution in [0.25, 0.3) is 0 Å². The minimum atomic E-state index is -3.61. The van der Waals surface area contributed by atoms with E-state index in [1.165, 1.54) is 4.31 Å². The van der Waals surface area contributed by atoms with Crippen LogP contribution in [0.5, 0.6) is 0 Å². The Morgan fingerprint density at radius 3 is 2.78 bits per heavy atom. The first-order valence-electron chi connectivity index (χ1n) is 6.02. The highest BCUT2D eigenvalue weighted by Gasteiger charge is 2.34. The van der Waals surface area contributed by atoms with Gasteiger partial charge in [-0.15, -0.1) is 0 Å². The van der Waals surface area contributed by atoms with Crippen molar-refractivity contribution in [3.05, 3.63) is 0 Å². The van der Waals surface area contributed by atoms with Crippen LogP contribution in [0.1, 0.15) is 32.6 Å². The van der Waals surface area contributed by atoms with E-state index in [1.54, 1.807) is 13.0 Å². The fourth-order valence-electron chi connectivity index (χ4n) is 2.22. The molecular formula is C11H18N2O4S. The third-order valence-corrected chi connectivity index (χ3v) is 5.39. The smallest absolute Gasteiger partial charge is 0.303 e. The Bertz CT molecular complexity index is 440. The number of hydrogen-bond acceptors (Lipinski definition) is 4. The quantitative estimate of drug-likeness (QED) is 0.799. The van der Waals surface area contributed by atoms with Crippen molar-refractivity contribution >= 4 is 16.0 Å². The molecule has 2 unspecified atom stereocenters.